The zero-order valence-electron chi connectivity index (χ0n) is 10.3. The molecular formula is C11H22N2O3. The average Bonchev–Trinajstić information content (AvgIpc) is 2.16. The summed E-state index contributed by atoms with van der Waals surface area (Å²) in [4.78, 5) is 23.4. The van der Waals surface area contributed by atoms with Crippen LogP contribution in [-0.2, 0) is 9.59 Å². The van der Waals surface area contributed by atoms with Gasteiger partial charge in [0, 0.05) is 39.0 Å². The van der Waals surface area contributed by atoms with Gasteiger partial charge in [0.15, 0.2) is 0 Å². The smallest absolute Gasteiger partial charge is 0.303 e. The van der Waals surface area contributed by atoms with Crippen LogP contribution in [0.2, 0.25) is 0 Å². The molecule has 0 unspecified atom stereocenters. The lowest BCUT2D eigenvalue weighted by Gasteiger charge is -2.17. The highest BCUT2D eigenvalue weighted by Gasteiger charge is 2.08. The zero-order chi connectivity index (χ0) is 12.6. The predicted molar refractivity (Wildman–Crippen MR) is 62.3 cm³/mol. The Morgan fingerprint density at radius 2 is 1.94 bits per heavy atom. The molecule has 0 aromatic heterocycles. The molecule has 0 aliphatic carbocycles. The number of amides is 1. The highest BCUT2D eigenvalue weighted by atomic mass is 16.4. The minimum absolute atomic E-state index is 0.0542. The number of rotatable bonds is 8. The average molecular weight is 230 g/mol. The standard InChI is InChI=1S/C11H22N2O3/c1-9(2)12-7-6-10(14)13(3)8-4-5-11(15)16/h9,12H,4-8H2,1-3H3,(H,15,16). The predicted octanol–water partition coefficient (Wildman–Crippen LogP) is 0.698. The molecule has 1 amide bonds. The summed E-state index contributed by atoms with van der Waals surface area (Å²) >= 11 is 0. The maximum Gasteiger partial charge on any atom is 0.303 e. The van der Waals surface area contributed by atoms with E-state index < -0.39 is 5.97 Å². The molecule has 0 bridgehead atoms. The summed E-state index contributed by atoms with van der Waals surface area (Å²) in [6.45, 7) is 5.23. The van der Waals surface area contributed by atoms with Gasteiger partial charge < -0.3 is 15.3 Å². The summed E-state index contributed by atoms with van der Waals surface area (Å²) in [6.07, 6.45) is 1.08. The second-order valence-corrected chi connectivity index (χ2v) is 4.17. The van der Waals surface area contributed by atoms with Crippen LogP contribution < -0.4 is 5.32 Å². The van der Waals surface area contributed by atoms with Crippen LogP contribution in [0.4, 0.5) is 0 Å². The topological polar surface area (TPSA) is 69.6 Å². The van der Waals surface area contributed by atoms with Crippen LogP contribution in [0.3, 0.4) is 0 Å². The lowest BCUT2D eigenvalue weighted by Crippen LogP contribution is -2.32. The van der Waals surface area contributed by atoms with Crippen molar-refractivity contribution in [2.24, 2.45) is 0 Å². The van der Waals surface area contributed by atoms with E-state index in [0.717, 1.165) is 0 Å². The molecule has 0 spiro atoms. The van der Waals surface area contributed by atoms with Crippen molar-refractivity contribution in [2.75, 3.05) is 20.1 Å². The number of hydrogen-bond donors (Lipinski definition) is 2. The largest absolute Gasteiger partial charge is 0.481 e. The van der Waals surface area contributed by atoms with Gasteiger partial charge >= 0.3 is 5.97 Å². The van der Waals surface area contributed by atoms with E-state index in [9.17, 15) is 9.59 Å². The Morgan fingerprint density at radius 3 is 2.44 bits per heavy atom. The quantitative estimate of drug-likeness (QED) is 0.644. The van der Waals surface area contributed by atoms with Crippen molar-refractivity contribution in [2.45, 2.75) is 39.2 Å². The fourth-order valence-corrected chi connectivity index (χ4v) is 1.25. The van der Waals surface area contributed by atoms with E-state index in [1.165, 1.54) is 0 Å². The Labute approximate surface area is 96.8 Å². The van der Waals surface area contributed by atoms with Gasteiger partial charge in [-0.25, -0.2) is 0 Å². The van der Waals surface area contributed by atoms with Gasteiger partial charge in [-0.05, 0) is 6.42 Å². The number of nitrogens with one attached hydrogen (secondary N) is 1. The molecule has 5 nitrogen and oxygen atoms in total. The van der Waals surface area contributed by atoms with E-state index in [0.29, 0.717) is 32.0 Å². The molecule has 0 saturated carbocycles. The molecule has 5 heteroatoms. The Kier molecular flexibility index (Phi) is 7.54. The molecule has 0 aromatic carbocycles. The van der Waals surface area contributed by atoms with Gasteiger partial charge in [0.2, 0.25) is 5.91 Å². The van der Waals surface area contributed by atoms with Crippen LogP contribution in [-0.4, -0.2) is 48.1 Å². The van der Waals surface area contributed by atoms with Crippen LogP contribution in [0.25, 0.3) is 0 Å². The van der Waals surface area contributed by atoms with Crippen LogP contribution >= 0.6 is 0 Å². The third kappa shape index (κ3) is 8.23. The summed E-state index contributed by atoms with van der Waals surface area (Å²) in [7, 11) is 1.71. The maximum atomic E-state index is 11.5. The molecular weight excluding hydrogens is 208 g/mol. The van der Waals surface area contributed by atoms with Crippen LogP contribution in [0.5, 0.6) is 0 Å². The van der Waals surface area contributed by atoms with Gasteiger partial charge in [-0.15, -0.1) is 0 Å². The van der Waals surface area contributed by atoms with E-state index in [4.69, 9.17) is 5.11 Å². The molecule has 0 saturated heterocycles. The van der Waals surface area contributed by atoms with Crippen LogP contribution in [0.15, 0.2) is 0 Å². The molecule has 2 N–H and O–H groups in total. The zero-order valence-corrected chi connectivity index (χ0v) is 10.3. The van der Waals surface area contributed by atoms with Crippen LogP contribution in [0.1, 0.15) is 33.1 Å². The molecule has 0 aliphatic heterocycles. The second kappa shape index (κ2) is 8.10. The minimum atomic E-state index is -0.817. The molecule has 0 atom stereocenters. The fraction of sp³-hybridized carbons (Fsp3) is 0.818. The number of carbonyl (C=O) groups excluding carboxylic acids is 1. The first kappa shape index (κ1) is 14.9. The summed E-state index contributed by atoms with van der Waals surface area (Å²) in [5.41, 5.74) is 0. The minimum Gasteiger partial charge on any atom is -0.481 e. The Balaban J connectivity index is 3.61. The van der Waals surface area contributed by atoms with Crippen molar-refractivity contribution in [3.63, 3.8) is 0 Å². The first-order valence-electron chi connectivity index (χ1n) is 5.62. The number of carboxylic acids is 1. The van der Waals surface area contributed by atoms with E-state index in [1.54, 1.807) is 11.9 Å². The van der Waals surface area contributed by atoms with Crippen molar-refractivity contribution in [1.29, 1.82) is 0 Å². The SMILES string of the molecule is CC(C)NCCC(=O)N(C)CCCC(=O)O. The molecule has 0 aromatic rings. The lowest BCUT2D eigenvalue weighted by atomic mass is 10.2. The van der Waals surface area contributed by atoms with E-state index in [2.05, 4.69) is 5.32 Å². The van der Waals surface area contributed by atoms with Crippen molar-refractivity contribution in [3.05, 3.63) is 0 Å². The Morgan fingerprint density at radius 1 is 1.31 bits per heavy atom. The molecule has 0 radical (unpaired) electrons. The van der Waals surface area contributed by atoms with Crippen LogP contribution in [0, 0.1) is 0 Å². The van der Waals surface area contributed by atoms with Gasteiger partial charge in [-0.2, -0.15) is 0 Å². The van der Waals surface area contributed by atoms with Gasteiger partial charge in [-0.3, -0.25) is 9.59 Å². The summed E-state index contributed by atoms with van der Waals surface area (Å²) in [5, 5.41) is 11.6. The number of hydrogen-bond acceptors (Lipinski definition) is 3. The maximum absolute atomic E-state index is 11.5. The molecule has 0 fully saturated rings. The van der Waals surface area contributed by atoms with Gasteiger partial charge in [-0.1, -0.05) is 13.8 Å². The number of carboxylic acid groups (broad SMARTS) is 1. The number of aliphatic carboxylic acids is 1. The van der Waals surface area contributed by atoms with E-state index in [1.807, 2.05) is 13.8 Å². The molecule has 0 heterocycles. The second-order valence-electron chi connectivity index (χ2n) is 4.17. The van der Waals surface area contributed by atoms with Gasteiger partial charge in [0.05, 0.1) is 0 Å². The molecule has 0 rings (SSSR count). The summed E-state index contributed by atoms with van der Waals surface area (Å²) in [6, 6.07) is 0.380. The third-order valence-electron chi connectivity index (χ3n) is 2.20. The first-order chi connectivity index (χ1) is 7.43. The molecule has 16 heavy (non-hydrogen) atoms. The van der Waals surface area contributed by atoms with Crippen molar-refractivity contribution in [3.8, 4) is 0 Å². The molecule has 0 aliphatic rings. The fourth-order valence-electron chi connectivity index (χ4n) is 1.25. The normalized spacial score (nSPS) is 10.5. The first-order valence-corrected chi connectivity index (χ1v) is 5.62. The van der Waals surface area contributed by atoms with Gasteiger partial charge in [0.1, 0.15) is 0 Å². The molecule has 94 valence electrons. The van der Waals surface area contributed by atoms with E-state index in [-0.39, 0.29) is 12.3 Å². The summed E-state index contributed by atoms with van der Waals surface area (Å²) in [5.74, 6) is -0.763. The van der Waals surface area contributed by atoms with E-state index >= 15 is 0 Å². The Hall–Kier alpha value is -1.10. The lowest BCUT2D eigenvalue weighted by molar-refractivity contribution is -0.138. The highest BCUT2D eigenvalue weighted by molar-refractivity contribution is 5.76. The monoisotopic (exact) mass is 230 g/mol. The summed E-state index contributed by atoms with van der Waals surface area (Å²) < 4.78 is 0. The van der Waals surface area contributed by atoms with Crippen molar-refractivity contribution >= 4 is 11.9 Å². The Bertz CT molecular complexity index is 229. The number of carbonyl (C=O) groups is 2. The van der Waals surface area contributed by atoms with Gasteiger partial charge in [0.25, 0.3) is 0 Å². The van der Waals surface area contributed by atoms with Crippen molar-refractivity contribution < 1.29 is 14.7 Å². The van der Waals surface area contributed by atoms with Crippen molar-refractivity contribution in [1.82, 2.24) is 10.2 Å². The highest BCUT2D eigenvalue weighted by Crippen LogP contribution is 1.96. The number of nitrogens with zero attached hydrogens (tertiary/aromatic N) is 1. The third-order valence-corrected chi connectivity index (χ3v) is 2.20.